The Kier molecular flexibility index (Phi) is 3.99. The molecule has 0 fully saturated rings. The minimum atomic E-state index is 0.844. The minimum absolute atomic E-state index is 0.844. The molecule has 2 aromatic rings. The quantitative estimate of drug-likeness (QED) is 0.740. The number of anilines is 1. The lowest BCUT2D eigenvalue weighted by atomic mass is 10.2. The number of para-hydroxylation sites is 1. The molecule has 0 atom stereocenters. The summed E-state index contributed by atoms with van der Waals surface area (Å²) < 4.78 is 0. The monoisotopic (exact) mass is 239 g/mol. The van der Waals surface area contributed by atoms with Crippen LogP contribution in [0.5, 0.6) is 0 Å². The van der Waals surface area contributed by atoms with Crippen molar-refractivity contribution in [1.29, 1.82) is 0 Å². The van der Waals surface area contributed by atoms with Crippen molar-refractivity contribution in [3.05, 3.63) is 60.2 Å². The predicted octanol–water partition coefficient (Wildman–Crippen LogP) is 2.28. The lowest BCUT2D eigenvalue weighted by Crippen LogP contribution is -2.18. The number of hydrogen-bond donors (Lipinski definition) is 0. The van der Waals surface area contributed by atoms with Gasteiger partial charge in [0, 0.05) is 19.8 Å². The van der Waals surface area contributed by atoms with Crippen LogP contribution in [-0.4, -0.2) is 23.6 Å². The van der Waals surface area contributed by atoms with Crippen molar-refractivity contribution in [2.75, 3.05) is 19.0 Å². The van der Waals surface area contributed by atoms with Gasteiger partial charge in [-0.05, 0) is 17.7 Å². The van der Waals surface area contributed by atoms with E-state index in [4.69, 9.17) is 0 Å². The zero-order valence-corrected chi connectivity index (χ0v) is 11.4. The van der Waals surface area contributed by atoms with Crippen molar-refractivity contribution in [1.82, 2.24) is 0 Å². The van der Waals surface area contributed by atoms with Crippen LogP contribution in [0.15, 0.2) is 54.6 Å². The van der Waals surface area contributed by atoms with Crippen LogP contribution in [0.3, 0.4) is 0 Å². The average Bonchev–Trinajstić information content (AvgIpc) is 2.38. The summed E-state index contributed by atoms with van der Waals surface area (Å²) in [5.41, 5.74) is 2.76. The van der Waals surface area contributed by atoms with Gasteiger partial charge in [-0.15, -0.1) is 0 Å². The van der Waals surface area contributed by atoms with Gasteiger partial charge >= 0.3 is 0 Å². The topological polar surface area (TPSA) is 3.24 Å². The standard InChI is InChI=1S/C15H17NSi/c1-16(2)15-11-7-6-8-13(15)12-17-14-9-4-3-5-10-14/h3-11H,12H2,1-2H3. The van der Waals surface area contributed by atoms with Crippen LogP contribution < -0.4 is 10.1 Å². The highest BCUT2D eigenvalue weighted by atomic mass is 28.2. The Balaban J connectivity index is 2.09. The number of benzene rings is 2. The van der Waals surface area contributed by atoms with Crippen molar-refractivity contribution in [3.8, 4) is 0 Å². The maximum atomic E-state index is 2.23. The molecule has 0 N–H and O–H groups in total. The van der Waals surface area contributed by atoms with E-state index in [0.717, 1.165) is 15.6 Å². The van der Waals surface area contributed by atoms with Gasteiger partial charge in [-0.3, -0.25) is 0 Å². The van der Waals surface area contributed by atoms with Crippen LogP contribution in [0, 0.1) is 0 Å². The smallest absolute Gasteiger partial charge is 0.0856 e. The highest BCUT2D eigenvalue weighted by molar-refractivity contribution is 6.52. The molecule has 1 nitrogen and oxygen atoms in total. The summed E-state index contributed by atoms with van der Waals surface area (Å²) in [4.78, 5) is 2.19. The Labute approximate surface area is 106 Å². The molecule has 0 aliphatic heterocycles. The van der Waals surface area contributed by atoms with E-state index in [2.05, 4.69) is 73.6 Å². The maximum Gasteiger partial charge on any atom is 0.0856 e. The van der Waals surface area contributed by atoms with Crippen LogP contribution in [0.4, 0.5) is 5.69 Å². The number of hydrogen-bond acceptors (Lipinski definition) is 1. The minimum Gasteiger partial charge on any atom is -0.377 e. The fourth-order valence-corrected chi connectivity index (χ4v) is 2.97. The summed E-state index contributed by atoms with van der Waals surface area (Å²) in [7, 11) is 5.05. The van der Waals surface area contributed by atoms with Gasteiger partial charge in [0.05, 0.1) is 9.52 Å². The van der Waals surface area contributed by atoms with Crippen molar-refractivity contribution < 1.29 is 0 Å². The zero-order valence-electron chi connectivity index (χ0n) is 10.4. The lowest BCUT2D eigenvalue weighted by molar-refractivity contribution is 1.11. The van der Waals surface area contributed by atoms with Gasteiger partial charge in [-0.2, -0.15) is 0 Å². The molecule has 2 rings (SSSR count). The Bertz CT molecular complexity index is 465. The summed E-state index contributed by atoms with van der Waals surface area (Å²) >= 11 is 0. The molecule has 86 valence electrons. The molecule has 2 aromatic carbocycles. The van der Waals surface area contributed by atoms with E-state index in [0.29, 0.717) is 0 Å². The van der Waals surface area contributed by atoms with Crippen molar-refractivity contribution in [2.45, 2.75) is 6.04 Å². The SMILES string of the molecule is CN(C)c1ccccc1C[Si]c1ccccc1. The summed E-state index contributed by atoms with van der Waals surface area (Å²) in [5.74, 6) is 0. The van der Waals surface area contributed by atoms with Crippen LogP contribution in [-0.2, 0) is 6.04 Å². The summed E-state index contributed by atoms with van der Waals surface area (Å²) in [6.45, 7) is 0. The normalized spacial score (nSPS) is 10.2. The molecule has 0 aliphatic rings. The molecule has 0 unspecified atom stereocenters. The fourth-order valence-electron chi connectivity index (χ4n) is 1.85. The Hall–Kier alpha value is -1.54. The molecule has 0 saturated carbocycles. The fraction of sp³-hybridized carbons (Fsp3) is 0.200. The van der Waals surface area contributed by atoms with E-state index in [1.807, 2.05) is 0 Å². The molecule has 17 heavy (non-hydrogen) atoms. The van der Waals surface area contributed by atoms with Gasteiger partial charge in [0.2, 0.25) is 0 Å². The van der Waals surface area contributed by atoms with E-state index < -0.39 is 0 Å². The molecule has 0 amide bonds. The molecule has 0 saturated heterocycles. The molecule has 2 radical (unpaired) electrons. The van der Waals surface area contributed by atoms with Crippen LogP contribution >= 0.6 is 0 Å². The Morgan fingerprint density at radius 2 is 1.53 bits per heavy atom. The third-order valence-corrected chi connectivity index (χ3v) is 4.03. The van der Waals surface area contributed by atoms with Gasteiger partial charge < -0.3 is 4.90 Å². The predicted molar refractivity (Wildman–Crippen MR) is 76.3 cm³/mol. The summed E-state index contributed by atoms with van der Waals surface area (Å²) in [6.07, 6.45) is 0. The number of nitrogens with zero attached hydrogens (tertiary/aromatic N) is 1. The highest BCUT2D eigenvalue weighted by Gasteiger charge is 2.04. The first-order valence-electron chi connectivity index (χ1n) is 5.81. The van der Waals surface area contributed by atoms with E-state index in [9.17, 15) is 0 Å². The first-order chi connectivity index (χ1) is 8.27. The molecular weight excluding hydrogens is 222 g/mol. The van der Waals surface area contributed by atoms with Crippen molar-refractivity contribution >= 4 is 20.4 Å². The zero-order chi connectivity index (χ0) is 12.1. The molecule has 2 heteroatoms. The van der Waals surface area contributed by atoms with E-state index in [1.165, 1.54) is 16.4 Å². The molecule has 0 aromatic heterocycles. The van der Waals surface area contributed by atoms with Gasteiger partial charge in [-0.25, -0.2) is 0 Å². The van der Waals surface area contributed by atoms with Gasteiger partial charge in [0.15, 0.2) is 0 Å². The first kappa shape index (κ1) is 11.9. The van der Waals surface area contributed by atoms with Crippen LogP contribution in [0.2, 0.25) is 0 Å². The largest absolute Gasteiger partial charge is 0.377 e. The maximum absolute atomic E-state index is 2.23. The van der Waals surface area contributed by atoms with E-state index in [1.54, 1.807) is 0 Å². The summed E-state index contributed by atoms with van der Waals surface area (Å²) in [5, 5.41) is 1.43. The van der Waals surface area contributed by atoms with E-state index >= 15 is 0 Å². The van der Waals surface area contributed by atoms with Gasteiger partial charge in [0.1, 0.15) is 0 Å². The Morgan fingerprint density at radius 3 is 2.24 bits per heavy atom. The molecule has 0 spiro atoms. The van der Waals surface area contributed by atoms with Crippen LogP contribution in [0.25, 0.3) is 0 Å². The van der Waals surface area contributed by atoms with Gasteiger partial charge in [0.25, 0.3) is 0 Å². The average molecular weight is 239 g/mol. The first-order valence-corrected chi connectivity index (χ1v) is 7.02. The second-order valence-electron chi connectivity index (χ2n) is 4.24. The highest BCUT2D eigenvalue weighted by Crippen LogP contribution is 2.17. The molecule has 0 heterocycles. The second kappa shape index (κ2) is 5.69. The molecule has 0 bridgehead atoms. The van der Waals surface area contributed by atoms with Gasteiger partial charge in [-0.1, -0.05) is 53.7 Å². The second-order valence-corrected chi connectivity index (χ2v) is 5.53. The van der Waals surface area contributed by atoms with Crippen molar-refractivity contribution in [3.63, 3.8) is 0 Å². The number of rotatable bonds is 4. The summed E-state index contributed by atoms with van der Waals surface area (Å²) in [6, 6.07) is 20.5. The molecule has 0 aliphatic carbocycles. The van der Waals surface area contributed by atoms with Crippen LogP contribution in [0.1, 0.15) is 5.56 Å². The van der Waals surface area contributed by atoms with E-state index in [-0.39, 0.29) is 0 Å². The third-order valence-electron chi connectivity index (χ3n) is 2.73. The lowest BCUT2D eigenvalue weighted by Gasteiger charge is -2.17. The van der Waals surface area contributed by atoms with Crippen molar-refractivity contribution in [2.24, 2.45) is 0 Å². The Morgan fingerprint density at radius 1 is 0.882 bits per heavy atom. The third kappa shape index (κ3) is 3.20. The molecular formula is C15H17NSi.